The molecule has 1 saturated heterocycles. The number of alkyl halides is 3. The van der Waals surface area contributed by atoms with Gasteiger partial charge in [-0.2, -0.15) is 5.26 Å². The van der Waals surface area contributed by atoms with Crippen molar-refractivity contribution in [1.82, 2.24) is 14.9 Å². The van der Waals surface area contributed by atoms with Crippen LogP contribution in [0.1, 0.15) is 49.0 Å². The Morgan fingerprint density at radius 3 is 2.46 bits per heavy atom. The minimum Gasteiger partial charge on any atom is -0.406 e. The molecule has 3 aromatic rings. The number of aryl methyl sites for hydroxylation is 1. The number of imidazole rings is 1. The average molecular weight is 540 g/mol. The Kier molecular flexibility index (Phi) is 7.95. The van der Waals surface area contributed by atoms with Gasteiger partial charge in [-0.15, -0.1) is 13.2 Å². The second kappa shape index (κ2) is 11.2. The molecule has 8 nitrogen and oxygen atoms in total. The number of aromatic amines is 1. The number of hydrogen-bond donors (Lipinski definition) is 1. The Morgan fingerprint density at radius 1 is 1.15 bits per heavy atom. The minimum atomic E-state index is -4.89. The third-order valence-corrected chi connectivity index (χ3v) is 6.49. The van der Waals surface area contributed by atoms with Crippen molar-refractivity contribution in [2.75, 3.05) is 11.4 Å². The fourth-order valence-corrected chi connectivity index (χ4v) is 4.88. The molecule has 204 valence electrons. The van der Waals surface area contributed by atoms with E-state index in [0.29, 0.717) is 29.9 Å². The summed E-state index contributed by atoms with van der Waals surface area (Å²) in [6.07, 6.45) is -2.35. The van der Waals surface area contributed by atoms with E-state index >= 15 is 0 Å². The Morgan fingerprint density at radius 2 is 1.87 bits per heavy atom. The van der Waals surface area contributed by atoms with Gasteiger partial charge in [-0.3, -0.25) is 9.59 Å². The van der Waals surface area contributed by atoms with Crippen LogP contribution in [0.4, 0.5) is 18.9 Å². The molecule has 4 rings (SSSR count). The van der Waals surface area contributed by atoms with Gasteiger partial charge >= 0.3 is 18.2 Å². The van der Waals surface area contributed by atoms with E-state index in [1.54, 1.807) is 42.3 Å². The molecule has 2 atom stereocenters. The molecule has 39 heavy (non-hydrogen) atoms. The molecule has 1 fully saturated rings. The predicted molar refractivity (Wildman–Crippen MR) is 136 cm³/mol. The summed E-state index contributed by atoms with van der Waals surface area (Å²) in [5, 5.41) is 9.15. The number of rotatable bonds is 8. The van der Waals surface area contributed by atoms with Gasteiger partial charge in [0.2, 0.25) is 0 Å². The van der Waals surface area contributed by atoms with Gasteiger partial charge in [0.15, 0.2) is 0 Å². The first-order valence-corrected chi connectivity index (χ1v) is 12.5. The molecule has 1 aromatic heterocycles. The summed E-state index contributed by atoms with van der Waals surface area (Å²) in [6.45, 7) is 5.87. The predicted octanol–water partition coefficient (Wildman–Crippen LogP) is 5.06. The molecule has 11 heteroatoms. The van der Waals surface area contributed by atoms with Crippen molar-refractivity contribution in [3.05, 3.63) is 77.4 Å². The molecule has 0 radical (unpaired) electrons. The highest BCUT2D eigenvalue weighted by Crippen LogP contribution is 2.34. The highest BCUT2D eigenvalue weighted by atomic mass is 19.4. The molecular formula is C28H28F3N5O3. The van der Waals surface area contributed by atoms with Crippen molar-refractivity contribution < 1.29 is 27.5 Å². The third kappa shape index (κ3) is 6.57. The van der Waals surface area contributed by atoms with Crippen molar-refractivity contribution in [2.24, 2.45) is 5.92 Å². The number of aromatic nitrogens is 2. The highest BCUT2D eigenvalue weighted by Gasteiger charge is 2.44. The first kappa shape index (κ1) is 27.7. The molecule has 0 saturated carbocycles. The van der Waals surface area contributed by atoms with E-state index in [9.17, 15) is 22.8 Å². The number of nitrogens with one attached hydrogen (secondary N) is 1. The van der Waals surface area contributed by atoms with Crippen LogP contribution in [-0.4, -0.2) is 45.6 Å². The number of anilines is 1. The van der Waals surface area contributed by atoms with Gasteiger partial charge in [0.1, 0.15) is 11.6 Å². The summed E-state index contributed by atoms with van der Waals surface area (Å²) in [7, 11) is 0. The molecule has 0 bridgehead atoms. The first-order valence-electron chi connectivity index (χ1n) is 12.5. The van der Waals surface area contributed by atoms with E-state index in [1.165, 1.54) is 17.0 Å². The van der Waals surface area contributed by atoms with Crippen LogP contribution in [0, 0.1) is 24.2 Å². The zero-order valence-corrected chi connectivity index (χ0v) is 21.7. The summed E-state index contributed by atoms with van der Waals surface area (Å²) in [5.74, 6) is -1.29. The van der Waals surface area contributed by atoms with Crippen LogP contribution in [0.3, 0.4) is 0 Å². The fourth-order valence-electron chi connectivity index (χ4n) is 4.88. The van der Waals surface area contributed by atoms with Crippen LogP contribution < -0.4 is 9.64 Å². The maximum atomic E-state index is 13.8. The lowest BCUT2D eigenvalue weighted by Gasteiger charge is -2.45. The molecule has 1 N–H and O–H groups in total. The number of hydrogen-bond acceptors (Lipinski definition) is 5. The monoisotopic (exact) mass is 539 g/mol. The Hall–Kier alpha value is -4.33. The standard InChI is InChI=1S/C28H28F3N5O3/c1-17(2)11-22-16-35(21-5-4-6-23(13-21)39-28(29,30)31)26(37)27(38)36(22)25(24-15-33-18(3)34-24)12-19-7-9-20(14-32)10-8-19/h4-10,13,15,17,22,25H,11-12,16H2,1-3H3,(H,33,34)/t22?,25-/m0/s1. The van der Waals surface area contributed by atoms with Gasteiger partial charge in [-0.1, -0.05) is 32.0 Å². The number of benzene rings is 2. The molecule has 1 unspecified atom stereocenters. The Labute approximate surface area is 224 Å². The molecule has 0 aliphatic carbocycles. The SMILES string of the molecule is Cc1ncc([C@H](Cc2ccc(C#N)cc2)N2C(=O)C(=O)N(c3cccc(OC(F)(F)F)c3)CC2CC(C)C)[nH]1. The largest absolute Gasteiger partial charge is 0.573 e. The molecule has 2 heterocycles. The van der Waals surface area contributed by atoms with Crippen LogP contribution >= 0.6 is 0 Å². The molecule has 1 aliphatic rings. The van der Waals surface area contributed by atoms with Gasteiger partial charge in [0.25, 0.3) is 0 Å². The van der Waals surface area contributed by atoms with Crippen molar-refractivity contribution in [3.8, 4) is 11.8 Å². The summed E-state index contributed by atoms with van der Waals surface area (Å²) < 4.78 is 42.4. The number of ether oxygens (including phenoxy) is 1. The fraction of sp³-hybridized carbons (Fsp3) is 0.357. The molecule has 0 spiro atoms. The normalized spacial score (nSPS) is 16.9. The van der Waals surface area contributed by atoms with Crippen LogP contribution in [0.25, 0.3) is 0 Å². The van der Waals surface area contributed by atoms with E-state index in [1.807, 2.05) is 13.8 Å². The average Bonchev–Trinajstić information content (AvgIpc) is 3.30. The second-order valence-corrected chi connectivity index (χ2v) is 9.91. The Bertz CT molecular complexity index is 1380. The van der Waals surface area contributed by atoms with Gasteiger partial charge in [-0.25, -0.2) is 4.98 Å². The molecule has 2 amide bonds. The lowest BCUT2D eigenvalue weighted by molar-refractivity contribution is -0.274. The van der Waals surface area contributed by atoms with E-state index in [0.717, 1.165) is 17.7 Å². The summed E-state index contributed by atoms with van der Waals surface area (Å²) >= 11 is 0. The quantitative estimate of drug-likeness (QED) is 0.403. The van der Waals surface area contributed by atoms with Crippen LogP contribution in [0.15, 0.2) is 54.7 Å². The van der Waals surface area contributed by atoms with Crippen molar-refractivity contribution in [1.29, 1.82) is 5.26 Å². The van der Waals surface area contributed by atoms with Crippen LogP contribution in [-0.2, 0) is 16.0 Å². The van der Waals surface area contributed by atoms with Crippen molar-refractivity contribution in [2.45, 2.75) is 52.1 Å². The van der Waals surface area contributed by atoms with Crippen LogP contribution in [0.5, 0.6) is 5.75 Å². The maximum absolute atomic E-state index is 13.8. The molecule has 1 aliphatic heterocycles. The number of nitrogens with zero attached hydrogens (tertiary/aromatic N) is 4. The smallest absolute Gasteiger partial charge is 0.406 e. The molecular weight excluding hydrogens is 511 g/mol. The van der Waals surface area contributed by atoms with E-state index in [2.05, 4.69) is 20.8 Å². The second-order valence-electron chi connectivity index (χ2n) is 9.91. The van der Waals surface area contributed by atoms with Crippen molar-refractivity contribution in [3.63, 3.8) is 0 Å². The number of halogens is 3. The number of amides is 2. The molecule has 2 aromatic carbocycles. The summed E-state index contributed by atoms with van der Waals surface area (Å²) in [4.78, 5) is 37.5. The number of carbonyl (C=O) groups excluding carboxylic acids is 2. The van der Waals surface area contributed by atoms with Gasteiger partial charge in [0.05, 0.1) is 35.6 Å². The lowest BCUT2D eigenvalue weighted by atomic mass is 9.93. The number of carbonyl (C=O) groups is 2. The number of H-pyrrole nitrogens is 1. The van der Waals surface area contributed by atoms with E-state index in [-0.39, 0.29) is 18.2 Å². The first-order chi connectivity index (χ1) is 18.4. The lowest BCUT2D eigenvalue weighted by Crippen LogP contribution is -2.61. The van der Waals surface area contributed by atoms with Crippen molar-refractivity contribution >= 4 is 17.5 Å². The van der Waals surface area contributed by atoms with E-state index < -0.39 is 36.0 Å². The minimum absolute atomic E-state index is 0.0925. The third-order valence-electron chi connectivity index (χ3n) is 6.49. The van der Waals surface area contributed by atoms with Crippen LogP contribution in [0.2, 0.25) is 0 Å². The van der Waals surface area contributed by atoms with Gasteiger partial charge in [0, 0.05) is 18.3 Å². The summed E-state index contributed by atoms with van der Waals surface area (Å²) in [6, 6.07) is 13.1. The number of piperazine rings is 1. The Balaban J connectivity index is 1.71. The zero-order chi connectivity index (χ0) is 28.3. The zero-order valence-electron chi connectivity index (χ0n) is 21.7. The highest BCUT2D eigenvalue weighted by molar-refractivity contribution is 6.41. The topological polar surface area (TPSA) is 102 Å². The summed E-state index contributed by atoms with van der Waals surface area (Å²) in [5.41, 5.74) is 2.15. The number of nitriles is 1. The van der Waals surface area contributed by atoms with E-state index in [4.69, 9.17) is 5.26 Å². The van der Waals surface area contributed by atoms with Gasteiger partial charge < -0.3 is 19.5 Å². The van der Waals surface area contributed by atoms with Gasteiger partial charge in [-0.05, 0) is 55.5 Å². The maximum Gasteiger partial charge on any atom is 0.573 e.